The molecule has 3 rings (SSSR count). The summed E-state index contributed by atoms with van der Waals surface area (Å²) in [6.45, 7) is 0. The number of carbonyl (C=O) groups is 1. The van der Waals surface area contributed by atoms with Gasteiger partial charge in [-0.3, -0.25) is 0 Å². The number of benzene rings is 2. The smallest absolute Gasteiger partial charge is 0.339 e. The van der Waals surface area contributed by atoms with Crippen LogP contribution in [0.25, 0.3) is 0 Å². The van der Waals surface area contributed by atoms with Gasteiger partial charge in [-0.05, 0) is 65.7 Å². The minimum atomic E-state index is -1.25. The highest BCUT2D eigenvalue weighted by molar-refractivity contribution is 6.31. The number of azo groups is 1. The van der Waals surface area contributed by atoms with Crippen molar-refractivity contribution in [2.45, 2.75) is 0 Å². The molecule has 0 spiro atoms. The molecule has 0 saturated carbocycles. The van der Waals surface area contributed by atoms with Gasteiger partial charge in [0.1, 0.15) is 11.3 Å². The zero-order valence-corrected chi connectivity index (χ0v) is 14.8. The number of nitrogens with zero attached hydrogens (tertiary/aromatic N) is 5. The van der Waals surface area contributed by atoms with Crippen molar-refractivity contribution in [2.24, 2.45) is 10.2 Å². The highest BCUT2D eigenvalue weighted by atomic mass is 35.5. The Balaban J connectivity index is 1.73. The van der Waals surface area contributed by atoms with E-state index in [1.807, 2.05) is 0 Å². The molecule has 0 aliphatic rings. The fourth-order valence-corrected chi connectivity index (χ4v) is 2.36. The van der Waals surface area contributed by atoms with Gasteiger partial charge in [0.2, 0.25) is 16.5 Å². The van der Waals surface area contributed by atoms with E-state index in [0.29, 0.717) is 17.1 Å². The fourth-order valence-electron chi connectivity index (χ4n) is 2.00. The summed E-state index contributed by atoms with van der Waals surface area (Å²) < 4.78 is 0. The third-order valence-corrected chi connectivity index (χ3v) is 3.53. The zero-order valence-electron chi connectivity index (χ0n) is 13.3. The molecule has 136 valence electrons. The van der Waals surface area contributed by atoms with E-state index < -0.39 is 5.97 Å². The van der Waals surface area contributed by atoms with Crippen LogP contribution in [0.2, 0.25) is 10.6 Å². The molecular weight excluding hydrogens is 395 g/mol. The summed E-state index contributed by atoms with van der Waals surface area (Å²) in [5.74, 6) is -1.39. The molecule has 11 heteroatoms. The van der Waals surface area contributed by atoms with E-state index in [-0.39, 0.29) is 27.8 Å². The normalized spacial score (nSPS) is 10.9. The van der Waals surface area contributed by atoms with Gasteiger partial charge >= 0.3 is 5.97 Å². The molecular formula is C16H10Cl2N6O3. The van der Waals surface area contributed by atoms with Gasteiger partial charge in [-0.25, -0.2) is 4.79 Å². The number of aromatic carboxylic acids is 1. The lowest BCUT2D eigenvalue weighted by molar-refractivity contribution is 0.0694. The van der Waals surface area contributed by atoms with Crippen LogP contribution in [0.15, 0.2) is 52.7 Å². The number of rotatable bonds is 5. The van der Waals surface area contributed by atoms with Crippen LogP contribution in [0.4, 0.5) is 23.0 Å². The van der Waals surface area contributed by atoms with Crippen molar-refractivity contribution in [3.8, 4) is 5.75 Å². The number of hydrogen-bond donors (Lipinski definition) is 3. The van der Waals surface area contributed by atoms with Gasteiger partial charge in [-0.2, -0.15) is 25.2 Å². The molecule has 0 atom stereocenters. The molecule has 0 aliphatic heterocycles. The Bertz CT molecular complexity index is 1010. The minimum absolute atomic E-state index is 0.0300. The highest BCUT2D eigenvalue weighted by Gasteiger charge is 2.10. The maximum absolute atomic E-state index is 11.0. The molecule has 0 unspecified atom stereocenters. The lowest BCUT2D eigenvalue weighted by Crippen LogP contribution is -1.99. The molecule has 1 aromatic heterocycles. The zero-order chi connectivity index (χ0) is 19.4. The minimum Gasteiger partial charge on any atom is -0.507 e. The SMILES string of the molecule is O=C(O)c1cc(N=Nc2ccc(Nc3nc(Cl)nc(Cl)n3)cc2)ccc1O. The lowest BCUT2D eigenvalue weighted by Gasteiger charge is -2.05. The van der Waals surface area contributed by atoms with Crippen molar-refractivity contribution in [1.82, 2.24) is 15.0 Å². The average Bonchev–Trinajstić information content (AvgIpc) is 2.61. The summed E-state index contributed by atoms with van der Waals surface area (Å²) in [5, 5.41) is 29.3. The number of nitrogens with one attached hydrogen (secondary N) is 1. The first-order chi connectivity index (χ1) is 12.9. The van der Waals surface area contributed by atoms with E-state index in [0.717, 1.165) is 0 Å². The van der Waals surface area contributed by atoms with Crippen LogP contribution >= 0.6 is 23.2 Å². The average molecular weight is 405 g/mol. The molecule has 3 N–H and O–H groups in total. The molecule has 0 radical (unpaired) electrons. The molecule has 0 aliphatic carbocycles. The van der Waals surface area contributed by atoms with E-state index >= 15 is 0 Å². The van der Waals surface area contributed by atoms with Gasteiger partial charge in [-0.15, -0.1) is 0 Å². The molecule has 9 nitrogen and oxygen atoms in total. The van der Waals surface area contributed by atoms with Crippen molar-refractivity contribution in [3.63, 3.8) is 0 Å². The van der Waals surface area contributed by atoms with Gasteiger partial charge in [0.15, 0.2) is 0 Å². The highest BCUT2D eigenvalue weighted by Crippen LogP contribution is 2.26. The second-order valence-corrected chi connectivity index (χ2v) is 5.75. The van der Waals surface area contributed by atoms with Crippen LogP contribution in [0.3, 0.4) is 0 Å². The first-order valence-electron chi connectivity index (χ1n) is 7.33. The Morgan fingerprint density at radius 3 is 2.15 bits per heavy atom. The Morgan fingerprint density at radius 1 is 0.926 bits per heavy atom. The second kappa shape index (κ2) is 7.94. The third-order valence-electron chi connectivity index (χ3n) is 3.20. The van der Waals surface area contributed by atoms with E-state index in [2.05, 4.69) is 30.5 Å². The van der Waals surface area contributed by atoms with Crippen LogP contribution in [0.5, 0.6) is 5.75 Å². The number of aromatic hydroxyl groups is 1. The first kappa shape index (κ1) is 18.5. The molecule has 0 saturated heterocycles. The monoisotopic (exact) mass is 404 g/mol. The fraction of sp³-hybridized carbons (Fsp3) is 0. The summed E-state index contributed by atoms with van der Waals surface area (Å²) in [5.41, 5.74) is 1.23. The van der Waals surface area contributed by atoms with Crippen molar-refractivity contribution < 1.29 is 15.0 Å². The van der Waals surface area contributed by atoms with Crippen LogP contribution in [-0.2, 0) is 0 Å². The number of halogens is 2. The lowest BCUT2D eigenvalue weighted by atomic mass is 10.2. The predicted octanol–water partition coefficient (Wildman–Crippen LogP) is 4.74. The number of phenols is 1. The quantitative estimate of drug-likeness (QED) is 0.522. The maximum Gasteiger partial charge on any atom is 0.339 e. The third kappa shape index (κ3) is 4.87. The van der Waals surface area contributed by atoms with E-state index in [9.17, 15) is 9.90 Å². The van der Waals surface area contributed by atoms with E-state index in [1.54, 1.807) is 24.3 Å². The molecule has 1 heterocycles. The summed E-state index contributed by atoms with van der Waals surface area (Å²) in [4.78, 5) is 22.5. The molecule has 0 fully saturated rings. The first-order valence-corrected chi connectivity index (χ1v) is 8.08. The van der Waals surface area contributed by atoms with Crippen molar-refractivity contribution in [3.05, 3.63) is 58.6 Å². The van der Waals surface area contributed by atoms with Crippen LogP contribution < -0.4 is 5.32 Å². The topological polar surface area (TPSA) is 133 Å². The number of carboxylic acids is 1. The van der Waals surface area contributed by atoms with Gasteiger partial charge in [-0.1, -0.05) is 0 Å². The number of carboxylic acid groups (broad SMARTS) is 1. The van der Waals surface area contributed by atoms with E-state index in [4.69, 9.17) is 28.3 Å². The Hall–Kier alpha value is -3.30. The van der Waals surface area contributed by atoms with E-state index in [1.165, 1.54) is 18.2 Å². The number of anilines is 2. The number of aromatic nitrogens is 3. The van der Waals surface area contributed by atoms with Gasteiger partial charge in [0.25, 0.3) is 0 Å². The van der Waals surface area contributed by atoms with Gasteiger partial charge in [0, 0.05) is 5.69 Å². The van der Waals surface area contributed by atoms with Gasteiger partial charge < -0.3 is 15.5 Å². The van der Waals surface area contributed by atoms with Gasteiger partial charge in [0.05, 0.1) is 11.4 Å². The largest absolute Gasteiger partial charge is 0.507 e. The maximum atomic E-state index is 11.0. The molecule has 0 bridgehead atoms. The molecule has 27 heavy (non-hydrogen) atoms. The predicted molar refractivity (Wildman–Crippen MR) is 98.8 cm³/mol. The van der Waals surface area contributed by atoms with Crippen LogP contribution in [0, 0.1) is 0 Å². The standard InChI is InChI=1S/C16H10Cl2N6O3/c17-14-20-15(18)22-16(21-14)19-8-1-3-9(4-2-8)23-24-10-5-6-12(25)11(7-10)13(26)27/h1-7,25H,(H,26,27)(H,19,20,21,22). The van der Waals surface area contributed by atoms with Crippen molar-refractivity contribution in [2.75, 3.05) is 5.32 Å². The summed E-state index contributed by atoms with van der Waals surface area (Å²) in [6.07, 6.45) is 0. The van der Waals surface area contributed by atoms with Crippen LogP contribution in [-0.4, -0.2) is 31.1 Å². The second-order valence-electron chi connectivity index (χ2n) is 5.08. The summed E-state index contributed by atoms with van der Waals surface area (Å²) >= 11 is 11.4. The Labute approximate surface area is 162 Å². The van der Waals surface area contributed by atoms with Crippen LogP contribution in [0.1, 0.15) is 10.4 Å². The Morgan fingerprint density at radius 2 is 1.52 bits per heavy atom. The van der Waals surface area contributed by atoms with Crippen molar-refractivity contribution >= 4 is 52.2 Å². The van der Waals surface area contributed by atoms with Crippen molar-refractivity contribution in [1.29, 1.82) is 0 Å². The molecule has 0 amide bonds. The Kier molecular flexibility index (Phi) is 5.43. The molecule has 2 aromatic carbocycles. The summed E-state index contributed by atoms with van der Waals surface area (Å²) in [6, 6.07) is 10.7. The number of hydrogen-bond acceptors (Lipinski definition) is 8. The molecule has 3 aromatic rings. The summed E-state index contributed by atoms with van der Waals surface area (Å²) in [7, 11) is 0.